The van der Waals surface area contributed by atoms with Crippen molar-refractivity contribution < 1.29 is 13.0 Å². The number of aryl methyl sites for hydroxylation is 1. The minimum atomic E-state index is -3.77. The van der Waals surface area contributed by atoms with Crippen molar-refractivity contribution in [2.75, 3.05) is 0 Å². The number of nitrogens with one attached hydrogen (secondary N) is 1. The van der Waals surface area contributed by atoms with Gasteiger partial charge in [0.25, 0.3) is 0 Å². The van der Waals surface area contributed by atoms with Gasteiger partial charge < -0.3 is 0 Å². The van der Waals surface area contributed by atoms with Crippen LogP contribution in [0.4, 0.5) is 0 Å². The minimum absolute atomic E-state index is 0.0443. The van der Waals surface area contributed by atoms with Crippen LogP contribution in [-0.2, 0) is 16.6 Å². The summed E-state index contributed by atoms with van der Waals surface area (Å²) in [7, 11) is -3.77. The van der Waals surface area contributed by atoms with Gasteiger partial charge in [0.15, 0.2) is 5.52 Å². The number of hydrogen-bond donors (Lipinski definition) is 1. The lowest BCUT2D eigenvalue weighted by atomic mass is 10.1. The number of nitrogens with zero attached hydrogens (tertiary/aromatic N) is 5. The normalized spacial score (nSPS) is 18.5. The molecule has 9 nitrogen and oxygen atoms in total. The zero-order chi connectivity index (χ0) is 15.2. The maximum Gasteiger partial charge on any atom is 0.243 e. The van der Waals surface area contributed by atoms with E-state index in [1.807, 2.05) is 0 Å². The first-order valence-electron chi connectivity index (χ1n) is 6.76. The van der Waals surface area contributed by atoms with Gasteiger partial charge in [-0.05, 0) is 35.3 Å². The van der Waals surface area contributed by atoms with Crippen molar-refractivity contribution >= 4 is 21.1 Å². The van der Waals surface area contributed by atoms with Gasteiger partial charge in [0.05, 0.1) is 6.04 Å². The van der Waals surface area contributed by atoms with Crippen molar-refractivity contribution in [2.45, 2.75) is 30.3 Å². The van der Waals surface area contributed by atoms with Crippen LogP contribution in [0, 0.1) is 0 Å². The van der Waals surface area contributed by atoms with Crippen LogP contribution in [0.25, 0.3) is 11.0 Å². The highest BCUT2D eigenvalue weighted by Gasteiger charge is 2.29. The van der Waals surface area contributed by atoms with Crippen molar-refractivity contribution in [1.29, 1.82) is 0 Å². The van der Waals surface area contributed by atoms with E-state index in [4.69, 9.17) is 0 Å². The third-order valence-corrected chi connectivity index (χ3v) is 5.16. The molecular formula is C12H12N6O3S. The Hall–Kier alpha value is -2.33. The third kappa shape index (κ3) is 2.07. The Kier molecular flexibility index (Phi) is 2.94. The van der Waals surface area contributed by atoms with Gasteiger partial charge in [0.1, 0.15) is 22.6 Å². The molecule has 0 spiro atoms. The average Bonchev–Trinajstić information content (AvgIpc) is 3.15. The topological polar surface area (TPSA) is 116 Å². The molecule has 3 aromatic rings. The molecule has 0 bridgehead atoms. The molecule has 1 aliphatic heterocycles. The predicted molar refractivity (Wildman–Crippen MR) is 74.1 cm³/mol. The lowest BCUT2D eigenvalue weighted by Crippen LogP contribution is -2.33. The summed E-state index contributed by atoms with van der Waals surface area (Å²) in [5.74, 6) is 0.625. The zero-order valence-electron chi connectivity index (χ0n) is 11.4. The summed E-state index contributed by atoms with van der Waals surface area (Å²) < 4.78 is 34.3. The molecule has 0 saturated heterocycles. The number of benzene rings is 1. The molecule has 1 N–H and O–H groups in total. The van der Waals surface area contributed by atoms with Crippen LogP contribution in [0.3, 0.4) is 0 Å². The maximum atomic E-state index is 12.7. The molecule has 1 aliphatic rings. The number of hydrogen-bond acceptors (Lipinski definition) is 7. The Labute approximate surface area is 125 Å². The summed E-state index contributed by atoms with van der Waals surface area (Å²) in [6.07, 6.45) is 2.94. The van der Waals surface area contributed by atoms with Crippen LogP contribution in [-0.4, -0.2) is 33.5 Å². The maximum absolute atomic E-state index is 12.7. The SMILES string of the molecule is O=S(=O)(NC1CCCn2ncnc21)c1cccc2nonc12. The van der Waals surface area contributed by atoms with E-state index in [-0.39, 0.29) is 10.4 Å². The first-order valence-corrected chi connectivity index (χ1v) is 8.25. The lowest BCUT2D eigenvalue weighted by molar-refractivity contribution is 0.315. The van der Waals surface area contributed by atoms with Crippen molar-refractivity contribution in [3.05, 3.63) is 30.4 Å². The minimum Gasteiger partial charge on any atom is -0.248 e. The largest absolute Gasteiger partial charge is 0.248 e. The molecule has 2 aromatic heterocycles. The second-order valence-corrected chi connectivity index (χ2v) is 6.73. The first-order chi connectivity index (χ1) is 10.6. The van der Waals surface area contributed by atoms with Gasteiger partial charge in [0.2, 0.25) is 10.0 Å². The van der Waals surface area contributed by atoms with Gasteiger partial charge in [-0.3, -0.25) is 0 Å². The Bertz CT molecular complexity index is 931. The Morgan fingerprint density at radius 2 is 2.23 bits per heavy atom. The summed E-state index contributed by atoms with van der Waals surface area (Å²) in [4.78, 5) is 4.19. The molecule has 0 amide bonds. The standard InChI is InChI=1S/C12H12N6O3S/c19-22(20,10-5-1-3-8-11(10)16-21-15-8)17-9-4-2-6-18-12(9)13-7-14-18/h1,3,5,7,9,17H,2,4,6H2. The fourth-order valence-corrected chi connectivity index (χ4v) is 4.03. The number of sulfonamides is 1. The highest BCUT2D eigenvalue weighted by Crippen LogP contribution is 2.26. The molecule has 1 atom stereocenters. The van der Waals surface area contributed by atoms with Gasteiger partial charge in [0, 0.05) is 6.54 Å². The van der Waals surface area contributed by atoms with E-state index in [1.165, 1.54) is 12.4 Å². The second-order valence-electron chi connectivity index (χ2n) is 5.05. The van der Waals surface area contributed by atoms with E-state index in [0.29, 0.717) is 17.8 Å². The molecular weight excluding hydrogens is 308 g/mol. The van der Waals surface area contributed by atoms with Crippen molar-refractivity contribution in [3.63, 3.8) is 0 Å². The smallest absolute Gasteiger partial charge is 0.243 e. The van der Waals surface area contributed by atoms with E-state index in [0.717, 1.165) is 13.0 Å². The third-order valence-electron chi connectivity index (χ3n) is 3.66. The van der Waals surface area contributed by atoms with Gasteiger partial charge in [-0.2, -0.15) is 5.10 Å². The summed E-state index contributed by atoms with van der Waals surface area (Å²) in [6, 6.07) is 4.31. The molecule has 0 aliphatic carbocycles. The Balaban J connectivity index is 1.73. The molecule has 0 fully saturated rings. The molecule has 3 heterocycles. The quantitative estimate of drug-likeness (QED) is 0.752. The van der Waals surface area contributed by atoms with E-state index in [2.05, 4.69) is 29.7 Å². The summed E-state index contributed by atoms with van der Waals surface area (Å²) in [5.41, 5.74) is 0.613. The molecule has 4 rings (SSSR count). The molecule has 10 heteroatoms. The van der Waals surface area contributed by atoms with E-state index < -0.39 is 16.1 Å². The number of aromatic nitrogens is 5. The highest BCUT2D eigenvalue weighted by molar-refractivity contribution is 7.89. The van der Waals surface area contributed by atoms with Crippen LogP contribution in [0.2, 0.25) is 0 Å². The summed E-state index contributed by atoms with van der Waals surface area (Å²) >= 11 is 0. The van der Waals surface area contributed by atoms with Gasteiger partial charge >= 0.3 is 0 Å². The molecule has 0 radical (unpaired) electrons. The molecule has 1 aromatic carbocycles. The zero-order valence-corrected chi connectivity index (χ0v) is 12.2. The van der Waals surface area contributed by atoms with Gasteiger partial charge in [-0.15, -0.1) is 0 Å². The summed E-state index contributed by atoms with van der Waals surface area (Å²) in [6.45, 7) is 0.746. The van der Waals surface area contributed by atoms with Crippen LogP contribution in [0.15, 0.2) is 34.1 Å². The average molecular weight is 320 g/mol. The molecule has 22 heavy (non-hydrogen) atoms. The van der Waals surface area contributed by atoms with Gasteiger partial charge in [-0.25, -0.2) is 27.4 Å². The van der Waals surface area contributed by atoms with Gasteiger partial charge in [-0.1, -0.05) is 6.07 Å². The fourth-order valence-electron chi connectivity index (χ4n) is 2.65. The Morgan fingerprint density at radius 3 is 3.14 bits per heavy atom. The van der Waals surface area contributed by atoms with Crippen molar-refractivity contribution in [1.82, 2.24) is 29.8 Å². The fraction of sp³-hybridized carbons (Fsp3) is 0.333. The molecule has 114 valence electrons. The lowest BCUT2D eigenvalue weighted by Gasteiger charge is -2.22. The molecule has 0 saturated carbocycles. The van der Waals surface area contributed by atoms with E-state index >= 15 is 0 Å². The second kappa shape index (κ2) is 4.85. The van der Waals surface area contributed by atoms with Crippen LogP contribution < -0.4 is 4.72 Å². The van der Waals surface area contributed by atoms with E-state index in [9.17, 15) is 8.42 Å². The number of rotatable bonds is 3. The number of fused-ring (bicyclic) bond motifs is 2. The highest BCUT2D eigenvalue weighted by atomic mass is 32.2. The molecule has 1 unspecified atom stereocenters. The Morgan fingerprint density at radius 1 is 1.32 bits per heavy atom. The van der Waals surface area contributed by atoms with Crippen LogP contribution >= 0.6 is 0 Å². The predicted octanol–water partition coefficient (Wildman–Crippen LogP) is 0.628. The van der Waals surface area contributed by atoms with E-state index in [1.54, 1.807) is 16.8 Å². The monoisotopic (exact) mass is 320 g/mol. The van der Waals surface area contributed by atoms with Crippen LogP contribution in [0.5, 0.6) is 0 Å². The van der Waals surface area contributed by atoms with Crippen molar-refractivity contribution in [2.24, 2.45) is 0 Å². The van der Waals surface area contributed by atoms with Crippen LogP contribution in [0.1, 0.15) is 24.7 Å². The van der Waals surface area contributed by atoms with Crippen molar-refractivity contribution in [3.8, 4) is 0 Å². The first kappa shape index (κ1) is 13.3. The summed E-state index contributed by atoms with van der Waals surface area (Å²) in [5, 5.41) is 11.4.